The molecule has 0 saturated carbocycles. The van der Waals surface area contributed by atoms with Gasteiger partial charge in [-0.15, -0.1) is 11.3 Å². The maximum Gasteiger partial charge on any atom is 0.0578 e. The third kappa shape index (κ3) is 1.40. The third-order valence-electron chi connectivity index (χ3n) is 1.69. The van der Waals surface area contributed by atoms with E-state index in [0.717, 1.165) is 12.8 Å². The van der Waals surface area contributed by atoms with Crippen LogP contribution in [0.1, 0.15) is 17.7 Å². The molecule has 2 rings (SSSR count). The number of nitrogens with zero attached hydrogens (tertiary/aromatic N) is 1. The van der Waals surface area contributed by atoms with Crippen LogP contribution in [0, 0.1) is 0 Å². The topological polar surface area (TPSA) is 12.4 Å². The lowest BCUT2D eigenvalue weighted by molar-refractivity contribution is 1.06. The first-order valence-corrected chi connectivity index (χ1v) is 4.60. The van der Waals surface area contributed by atoms with Gasteiger partial charge in [0, 0.05) is 11.1 Å². The Morgan fingerprint density at radius 2 is 2.45 bits per heavy atom. The Morgan fingerprint density at radius 1 is 1.45 bits per heavy atom. The molecule has 0 atom stereocenters. The minimum absolute atomic E-state index is 1.09. The van der Waals surface area contributed by atoms with Gasteiger partial charge in [0.25, 0.3) is 0 Å². The molecular formula is C9H9NS. The molecule has 0 amide bonds. The van der Waals surface area contributed by atoms with Crippen LogP contribution in [0.3, 0.4) is 0 Å². The summed E-state index contributed by atoms with van der Waals surface area (Å²) in [6.45, 7) is 0. The summed E-state index contributed by atoms with van der Waals surface area (Å²) in [6.07, 6.45) is 6.24. The summed E-state index contributed by atoms with van der Waals surface area (Å²) in [5.41, 5.74) is 1.24. The third-order valence-corrected chi connectivity index (χ3v) is 2.61. The zero-order valence-electron chi connectivity index (χ0n) is 6.16. The lowest BCUT2D eigenvalue weighted by atomic mass is 10.1. The van der Waals surface area contributed by atoms with Crippen molar-refractivity contribution in [2.45, 2.75) is 12.8 Å². The predicted octanol–water partition coefficient (Wildman–Crippen LogP) is 2.84. The molecule has 0 aromatic carbocycles. The second-order valence-corrected chi connectivity index (χ2v) is 3.42. The largest absolute Gasteiger partial charge is 0.260 e. The fourth-order valence-corrected chi connectivity index (χ4v) is 1.88. The molecule has 1 aliphatic heterocycles. The lowest BCUT2D eigenvalue weighted by Gasteiger charge is -2.03. The average molecular weight is 163 g/mol. The molecule has 0 saturated heterocycles. The standard InChI is InChI=1S/C9H9NS/c1-2-6-10-8(4-1)9-5-3-7-11-9/h2-3,5-7H,1,4H2. The molecule has 0 bridgehead atoms. The number of allylic oxidation sites excluding steroid dienone is 1. The Labute approximate surface area is 70.1 Å². The zero-order valence-corrected chi connectivity index (χ0v) is 6.97. The van der Waals surface area contributed by atoms with Crippen molar-refractivity contribution >= 4 is 17.0 Å². The van der Waals surface area contributed by atoms with E-state index in [4.69, 9.17) is 0 Å². The van der Waals surface area contributed by atoms with Gasteiger partial charge in [0.05, 0.1) is 5.71 Å². The van der Waals surface area contributed by atoms with Crippen LogP contribution < -0.4 is 0 Å². The summed E-state index contributed by atoms with van der Waals surface area (Å²) in [5, 5.41) is 2.09. The van der Waals surface area contributed by atoms with Gasteiger partial charge in [-0.1, -0.05) is 12.1 Å². The van der Waals surface area contributed by atoms with Gasteiger partial charge in [-0.2, -0.15) is 0 Å². The Kier molecular flexibility index (Phi) is 1.86. The van der Waals surface area contributed by atoms with Gasteiger partial charge in [-0.3, -0.25) is 4.99 Å². The molecule has 1 aliphatic rings. The Hall–Kier alpha value is -0.890. The first-order chi connectivity index (χ1) is 5.47. The summed E-state index contributed by atoms with van der Waals surface area (Å²) >= 11 is 1.76. The minimum atomic E-state index is 1.09. The molecule has 0 spiro atoms. The van der Waals surface area contributed by atoms with Crippen LogP contribution >= 0.6 is 11.3 Å². The maximum absolute atomic E-state index is 4.32. The number of rotatable bonds is 1. The molecule has 0 radical (unpaired) electrons. The first kappa shape index (κ1) is 6.80. The highest BCUT2D eigenvalue weighted by molar-refractivity contribution is 7.12. The van der Waals surface area contributed by atoms with Gasteiger partial charge < -0.3 is 0 Å². The zero-order chi connectivity index (χ0) is 7.52. The van der Waals surface area contributed by atoms with E-state index < -0.39 is 0 Å². The van der Waals surface area contributed by atoms with E-state index in [1.54, 1.807) is 11.3 Å². The highest BCUT2D eigenvalue weighted by atomic mass is 32.1. The average Bonchev–Trinajstić information content (AvgIpc) is 2.58. The van der Waals surface area contributed by atoms with E-state index in [0.29, 0.717) is 0 Å². The number of hydrogen-bond donors (Lipinski definition) is 0. The second-order valence-electron chi connectivity index (χ2n) is 2.48. The summed E-state index contributed by atoms with van der Waals surface area (Å²) in [6, 6.07) is 4.20. The highest BCUT2D eigenvalue weighted by Crippen LogP contribution is 2.16. The van der Waals surface area contributed by atoms with Crippen molar-refractivity contribution in [2.75, 3.05) is 0 Å². The molecule has 0 N–H and O–H groups in total. The Morgan fingerprint density at radius 3 is 3.09 bits per heavy atom. The van der Waals surface area contributed by atoms with Crippen LogP contribution in [-0.2, 0) is 0 Å². The van der Waals surface area contributed by atoms with Crippen molar-refractivity contribution in [1.29, 1.82) is 0 Å². The molecule has 0 fully saturated rings. The highest BCUT2D eigenvalue weighted by Gasteiger charge is 2.04. The van der Waals surface area contributed by atoms with Gasteiger partial charge >= 0.3 is 0 Å². The van der Waals surface area contributed by atoms with Crippen molar-refractivity contribution in [3.05, 3.63) is 34.7 Å². The summed E-state index contributed by atoms with van der Waals surface area (Å²) in [5.74, 6) is 0. The van der Waals surface area contributed by atoms with Gasteiger partial charge in [0.15, 0.2) is 0 Å². The fourth-order valence-electron chi connectivity index (χ4n) is 1.13. The minimum Gasteiger partial charge on any atom is -0.260 e. The molecular weight excluding hydrogens is 154 g/mol. The van der Waals surface area contributed by atoms with Crippen molar-refractivity contribution in [1.82, 2.24) is 0 Å². The fraction of sp³-hybridized carbons (Fsp3) is 0.222. The smallest absolute Gasteiger partial charge is 0.0578 e. The van der Waals surface area contributed by atoms with Crippen LogP contribution in [-0.4, -0.2) is 5.71 Å². The van der Waals surface area contributed by atoms with E-state index in [9.17, 15) is 0 Å². The van der Waals surface area contributed by atoms with Crippen molar-refractivity contribution in [2.24, 2.45) is 4.99 Å². The molecule has 2 heterocycles. The predicted molar refractivity (Wildman–Crippen MR) is 49.2 cm³/mol. The van der Waals surface area contributed by atoms with Crippen molar-refractivity contribution in [3.63, 3.8) is 0 Å². The van der Waals surface area contributed by atoms with Crippen LogP contribution in [0.25, 0.3) is 0 Å². The molecule has 1 aromatic rings. The number of thiophene rings is 1. The van der Waals surface area contributed by atoms with E-state index in [1.165, 1.54) is 10.6 Å². The SMILES string of the molecule is C1=CN=C(c2cccs2)CC1. The summed E-state index contributed by atoms with van der Waals surface area (Å²) in [4.78, 5) is 5.63. The van der Waals surface area contributed by atoms with E-state index in [1.807, 2.05) is 6.20 Å². The second kappa shape index (κ2) is 3.01. The van der Waals surface area contributed by atoms with Crippen LogP contribution in [0.4, 0.5) is 0 Å². The quantitative estimate of drug-likeness (QED) is 0.603. The molecule has 1 nitrogen and oxygen atoms in total. The number of aliphatic imine (C=N–C) groups is 1. The van der Waals surface area contributed by atoms with E-state index >= 15 is 0 Å². The normalized spacial score (nSPS) is 16.5. The van der Waals surface area contributed by atoms with E-state index in [2.05, 4.69) is 28.6 Å². The van der Waals surface area contributed by atoms with Gasteiger partial charge in [-0.25, -0.2) is 0 Å². The Bertz CT molecular complexity index is 283. The van der Waals surface area contributed by atoms with E-state index in [-0.39, 0.29) is 0 Å². The first-order valence-electron chi connectivity index (χ1n) is 3.72. The molecule has 11 heavy (non-hydrogen) atoms. The number of hydrogen-bond acceptors (Lipinski definition) is 2. The molecule has 56 valence electrons. The molecule has 1 aromatic heterocycles. The monoisotopic (exact) mass is 163 g/mol. The molecule has 0 aliphatic carbocycles. The van der Waals surface area contributed by atoms with Gasteiger partial charge in [-0.05, 0) is 24.3 Å². The maximum atomic E-state index is 4.32. The molecule has 2 heteroatoms. The van der Waals surface area contributed by atoms with Crippen LogP contribution in [0.2, 0.25) is 0 Å². The van der Waals surface area contributed by atoms with Crippen molar-refractivity contribution < 1.29 is 0 Å². The summed E-state index contributed by atoms with van der Waals surface area (Å²) < 4.78 is 0. The van der Waals surface area contributed by atoms with Gasteiger partial charge in [0.2, 0.25) is 0 Å². The lowest BCUT2D eigenvalue weighted by Crippen LogP contribution is -1.98. The van der Waals surface area contributed by atoms with Crippen LogP contribution in [0.5, 0.6) is 0 Å². The molecule has 0 unspecified atom stereocenters. The van der Waals surface area contributed by atoms with Gasteiger partial charge in [0.1, 0.15) is 0 Å². The summed E-state index contributed by atoms with van der Waals surface area (Å²) in [7, 11) is 0. The van der Waals surface area contributed by atoms with Crippen LogP contribution in [0.15, 0.2) is 34.8 Å². The van der Waals surface area contributed by atoms with Crippen molar-refractivity contribution in [3.8, 4) is 0 Å². The Balaban J connectivity index is 2.29.